The molecule has 224 valence electrons. The largest absolute Gasteiger partial charge is 0.455 e. The van der Waals surface area contributed by atoms with Crippen LogP contribution in [0, 0.1) is 11.3 Å². The van der Waals surface area contributed by atoms with Gasteiger partial charge >= 0.3 is 0 Å². The fraction of sp³-hybridized carbons (Fsp3) is 0.0227. The molecule has 0 aliphatic heterocycles. The molecular weight excluding hydrogens is 587 g/mol. The van der Waals surface area contributed by atoms with Crippen LogP contribution >= 0.6 is 0 Å². The maximum atomic E-state index is 9.99. The molecule has 0 amide bonds. The van der Waals surface area contributed by atoms with Crippen molar-refractivity contribution in [1.29, 1.82) is 5.26 Å². The highest BCUT2D eigenvalue weighted by Gasteiger charge is 2.20. The maximum Gasteiger partial charge on any atom is 0.145 e. The van der Waals surface area contributed by atoms with Crippen molar-refractivity contribution in [3.63, 3.8) is 0 Å². The smallest absolute Gasteiger partial charge is 0.145 e. The summed E-state index contributed by atoms with van der Waals surface area (Å²) in [6.07, 6.45) is 0. The second-order valence-electron chi connectivity index (χ2n) is 12.4. The summed E-state index contributed by atoms with van der Waals surface area (Å²) in [5.41, 5.74) is 11.4. The van der Waals surface area contributed by atoms with Gasteiger partial charge in [-0.05, 0) is 77.4 Å². The molecule has 0 saturated heterocycles. The van der Waals surface area contributed by atoms with Gasteiger partial charge < -0.3 is 13.6 Å². The lowest BCUT2D eigenvalue weighted by Crippen LogP contribution is -2.02. The minimum atomic E-state index is 0.642. The molecule has 0 atom stereocenters. The van der Waals surface area contributed by atoms with Crippen LogP contribution in [0.1, 0.15) is 11.1 Å². The predicted octanol–water partition coefficient (Wildman–Crippen LogP) is 11.4. The highest BCUT2D eigenvalue weighted by atomic mass is 16.3. The molecule has 4 heteroatoms. The normalized spacial score (nSPS) is 11.8. The Morgan fingerprint density at radius 1 is 0.542 bits per heavy atom. The summed E-state index contributed by atoms with van der Waals surface area (Å²) in [6, 6.07) is 55.5. The SMILES string of the molecule is N#Cc1ccc(Cn2c3ccccc3c3ccccc32)c(-c2ccc3c4c5oc6ccccc6c5ccc4n(-c4ccccc4)c3c2)c1. The zero-order valence-corrected chi connectivity index (χ0v) is 25.9. The monoisotopic (exact) mass is 613 g/mol. The van der Waals surface area contributed by atoms with E-state index in [2.05, 4.69) is 143 Å². The van der Waals surface area contributed by atoms with Gasteiger partial charge in [0.25, 0.3) is 0 Å². The summed E-state index contributed by atoms with van der Waals surface area (Å²) in [5.74, 6) is 0. The topological polar surface area (TPSA) is 46.8 Å². The highest BCUT2D eigenvalue weighted by Crippen LogP contribution is 2.42. The number of aromatic nitrogens is 2. The van der Waals surface area contributed by atoms with Gasteiger partial charge in [0.15, 0.2) is 0 Å². The molecule has 4 nitrogen and oxygen atoms in total. The Labute approximate surface area is 275 Å². The number of hydrogen-bond acceptors (Lipinski definition) is 2. The van der Waals surface area contributed by atoms with Crippen LogP contribution in [0.2, 0.25) is 0 Å². The molecule has 0 aliphatic carbocycles. The predicted molar refractivity (Wildman–Crippen MR) is 197 cm³/mol. The molecule has 0 saturated carbocycles. The van der Waals surface area contributed by atoms with Crippen molar-refractivity contribution in [1.82, 2.24) is 9.13 Å². The summed E-state index contributed by atoms with van der Waals surface area (Å²) >= 11 is 0. The molecule has 0 fully saturated rings. The molecule has 0 bridgehead atoms. The molecule has 10 aromatic rings. The van der Waals surface area contributed by atoms with Gasteiger partial charge in [0, 0.05) is 50.2 Å². The van der Waals surface area contributed by atoms with Crippen LogP contribution in [0.15, 0.2) is 156 Å². The van der Waals surface area contributed by atoms with E-state index in [4.69, 9.17) is 4.42 Å². The van der Waals surface area contributed by atoms with Gasteiger partial charge in [-0.1, -0.05) is 91.0 Å². The van der Waals surface area contributed by atoms with Crippen LogP contribution in [0.3, 0.4) is 0 Å². The molecular formula is C44H27N3O. The molecule has 3 heterocycles. The first-order valence-corrected chi connectivity index (χ1v) is 16.2. The van der Waals surface area contributed by atoms with Gasteiger partial charge in [-0.3, -0.25) is 0 Å². The Morgan fingerprint density at radius 2 is 1.23 bits per heavy atom. The number of benzene rings is 7. The van der Waals surface area contributed by atoms with Crippen LogP contribution in [-0.4, -0.2) is 9.13 Å². The van der Waals surface area contributed by atoms with Gasteiger partial charge in [0.05, 0.1) is 28.1 Å². The third kappa shape index (κ3) is 3.82. The number of hydrogen-bond donors (Lipinski definition) is 0. The second kappa shape index (κ2) is 10.2. The molecule has 3 aromatic heterocycles. The second-order valence-corrected chi connectivity index (χ2v) is 12.4. The minimum Gasteiger partial charge on any atom is -0.455 e. The summed E-state index contributed by atoms with van der Waals surface area (Å²) in [7, 11) is 0. The average Bonchev–Trinajstić information content (AvgIpc) is 3.80. The Hall–Kier alpha value is -6.57. The van der Waals surface area contributed by atoms with E-state index in [9.17, 15) is 5.26 Å². The van der Waals surface area contributed by atoms with Crippen molar-refractivity contribution in [2.24, 2.45) is 0 Å². The Morgan fingerprint density at radius 3 is 2.00 bits per heavy atom. The lowest BCUT2D eigenvalue weighted by atomic mass is 9.96. The van der Waals surface area contributed by atoms with Crippen molar-refractivity contribution in [2.45, 2.75) is 6.54 Å². The van der Waals surface area contributed by atoms with E-state index < -0.39 is 0 Å². The third-order valence-corrected chi connectivity index (χ3v) is 9.85. The van der Waals surface area contributed by atoms with Gasteiger partial charge in [-0.15, -0.1) is 0 Å². The van der Waals surface area contributed by atoms with Crippen molar-refractivity contribution in [3.05, 3.63) is 163 Å². The molecule has 7 aromatic carbocycles. The number of nitriles is 1. The van der Waals surface area contributed by atoms with Crippen LogP contribution in [0.4, 0.5) is 0 Å². The number of rotatable bonds is 4. The quantitative estimate of drug-likeness (QED) is 0.198. The molecule has 48 heavy (non-hydrogen) atoms. The van der Waals surface area contributed by atoms with Crippen LogP contribution < -0.4 is 0 Å². The average molecular weight is 614 g/mol. The van der Waals surface area contributed by atoms with Gasteiger partial charge in [-0.25, -0.2) is 0 Å². The van der Waals surface area contributed by atoms with Crippen LogP contribution in [0.25, 0.3) is 82.4 Å². The van der Waals surface area contributed by atoms with Crippen molar-refractivity contribution in [2.75, 3.05) is 0 Å². The molecule has 10 rings (SSSR count). The fourth-order valence-electron chi connectivity index (χ4n) is 7.70. The molecule has 0 aliphatic rings. The van der Waals surface area contributed by atoms with Gasteiger partial charge in [0.2, 0.25) is 0 Å². The molecule has 0 N–H and O–H groups in total. The molecule has 0 radical (unpaired) electrons. The van der Waals surface area contributed by atoms with E-state index in [0.717, 1.165) is 66.1 Å². The van der Waals surface area contributed by atoms with Crippen molar-refractivity contribution < 1.29 is 4.42 Å². The van der Waals surface area contributed by atoms with Gasteiger partial charge in [-0.2, -0.15) is 5.26 Å². The van der Waals surface area contributed by atoms with E-state index in [-0.39, 0.29) is 0 Å². The summed E-state index contributed by atoms with van der Waals surface area (Å²) in [6.45, 7) is 0.675. The summed E-state index contributed by atoms with van der Waals surface area (Å²) < 4.78 is 11.3. The van der Waals surface area contributed by atoms with Gasteiger partial charge in [0.1, 0.15) is 11.2 Å². The van der Waals surface area contributed by atoms with E-state index in [1.54, 1.807) is 0 Å². The van der Waals surface area contributed by atoms with Crippen molar-refractivity contribution in [3.8, 4) is 22.9 Å². The number of furan rings is 1. The van der Waals surface area contributed by atoms with Crippen LogP contribution in [0.5, 0.6) is 0 Å². The molecule has 0 spiro atoms. The summed E-state index contributed by atoms with van der Waals surface area (Å²) in [5, 5.41) is 16.9. The maximum absolute atomic E-state index is 9.99. The van der Waals surface area contributed by atoms with E-state index in [1.807, 2.05) is 24.3 Å². The zero-order chi connectivity index (χ0) is 31.8. The molecule has 0 unspecified atom stereocenters. The number of fused-ring (bicyclic) bond motifs is 10. The number of nitrogens with zero attached hydrogens (tertiary/aromatic N) is 3. The lowest BCUT2D eigenvalue weighted by molar-refractivity contribution is 0.673. The summed E-state index contributed by atoms with van der Waals surface area (Å²) in [4.78, 5) is 0. The highest BCUT2D eigenvalue weighted by molar-refractivity contribution is 6.24. The lowest BCUT2D eigenvalue weighted by Gasteiger charge is -2.14. The van der Waals surface area contributed by atoms with Crippen LogP contribution in [-0.2, 0) is 6.54 Å². The fourth-order valence-corrected chi connectivity index (χ4v) is 7.70. The first-order valence-electron chi connectivity index (χ1n) is 16.2. The van der Waals surface area contributed by atoms with E-state index >= 15 is 0 Å². The van der Waals surface area contributed by atoms with E-state index in [1.165, 1.54) is 21.8 Å². The Bertz CT molecular complexity index is 2880. The third-order valence-electron chi connectivity index (χ3n) is 9.85. The van der Waals surface area contributed by atoms with Crippen molar-refractivity contribution >= 4 is 65.6 Å². The first kappa shape index (κ1) is 26.6. The minimum absolute atomic E-state index is 0.642. The standard InChI is InChI=1S/C44H27N3O/c45-26-28-18-19-30(27-46-38-15-7-4-12-32(38)33-13-5-8-16-39(33)46)37(24-28)29-20-21-36-41(25-29)47(31-10-2-1-3-11-31)40-23-22-35-34-14-6-9-17-42(34)48-44(35)43(36)40/h1-25H,27H2. The Kier molecular flexibility index (Phi) is 5.67. The zero-order valence-electron chi connectivity index (χ0n) is 25.9. The first-order chi connectivity index (χ1) is 23.8. The number of para-hydroxylation sites is 4. The van der Waals surface area contributed by atoms with E-state index in [0.29, 0.717) is 12.1 Å². The Balaban J connectivity index is 1.24.